The summed E-state index contributed by atoms with van der Waals surface area (Å²) < 4.78 is 0. The highest BCUT2D eigenvalue weighted by atomic mass is 16.3. The Kier molecular flexibility index (Phi) is 4.04. The first-order valence-corrected chi connectivity index (χ1v) is 6.15. The zero-order chi connectivity index (χ0) is 14.0. The molecule has 0 saturated heterocycles. The van der Waals surface area contributed by atoms with Crippen molar-refractivity contribution in [2.45, 2.75) is 24.6 Å². The van der Waals surface area contributed by atoms with Crippen molar-refractivity contribution in [1.29, 1.82) is 0 Å². The third kappa shape index (κ3) is 2.42. The van der Waals surface area contributed by atoms with Crippen LogP contribution in [0.2, 0.25) is 0 Å². The average Bonchev–Trinajstić information content (AvgIpc) is 2.79. The summed E-state index contributed by atoms with van der Waals surface area (Å²) in [4.78, 5) is 13.2. The van der Waals surface area contributed by atoms with Crippen molar-refractivity contribution < 1.29 is 20.1 Å². The monoisotopic (exact) mass is 266 g/mol. The summed E-state index contributed by atoms with van der Waals surface area (Å²) in [5.41, 5.74) is 7.10. The number of primary amides is 1. The lowest BCUT2D eigenvalue weighted by molar-refractivity contribution is -0.119. The molecule has 6 nitrogen and oxygen atoms in total. The van der Waals surface area contributed by atoms with Crippen molar-refractivity contribution in [1.82, 2.24) is 0 Å². The van der Waals surface area contributed by atoms with Gasteiger partial charge in [-0.2, -0.15) is 0 Å². The van der Waals surface area contributed by atoms with Gasteiger partial charge in [-0.3, -0.25) is 4.79 Å². The number of fused-ring (bicyclic) bond motifs is 1. The number of carbonyl (C=O) groups is 1. The Morgan fingerprint density at radius 2 is 2.05 bits per heavy atom. The maximum atomic E-state index is 11.6. The minimum atomic E-state index is -1.14. The van der Waals surface area contributed by atoms with Crippen LogP contribution in [0, 0.1) is 0 Å². The molecule has 0 aromatic heterocycles. The average molecular weight is 266 g/mol. The number of amides is 1. The van der Waals surface area contributed by atoms with Crippen LogP contribution in [-0.4, -0.2) is 52.6 Å². The van der Waals surface area contributed by atoms with E-state index in [-0.39, 0.29) is 6.61 Å². The Hall–Kier alpha value is -1.63. The highest BCUT2D eigenvalue weighted by molar-refractivity contribution is 5.87. The fourth-order valence-corrected chi connectivity index (χ4v) is 2.57. The largest absolute Gasteiger partial charge is 0.394 e. The molecular formula is C13H18N2O4. The van der Waals surface area contributed by atoms with Gasteiger partial charge in [0.25, 0.3) is 0 Å². The number of carbonyl (C=O) groups excluding carboxylic acids is 1. The van der Waals surface area contributed by atoms with Crippen LogP contribution >= 0.6 is 0 Å². The number of nitrogens with two attached hydrogens (primary N) is 1. The van der Waals surface area contributed by atoms with E-state index in [4.69, 9.17) is 10.8 Å². The van der Waals surface area contributed by atoms with Gasteiger partial charge < -0.3 is 26.0 Å². The second kappa shape index (κ2) is 5.56. The normalized spacial score (nSPS) is 21.0. The van der Waals surface area contributed by atoms with Crippen LogP contribution in [0.25, 0.3) is 0 Å². The molecule has 3 unspecified atom stereocenters. The van der Waals surface area contributed by atoms with Gasteiger partial charge in [-0.15, -0.1) is 0 Å². The maximum absolute atomic E-state index is 11.6. The summed E-state index contributed by atoms with van der Waals surface area (Å²) in [6, 6.07) is 5.99. The molecule has 6 heteroatoms. The smallest absolute Gasteiger partial charge is 0.240 e. The number of hydrogen-bond acceptors (Lipinski definition) is 5. The number of rotatable bonds is 5. The molecule has 1 aliphatic heterocycles. The molecule has 1 aromatic rings. The predicted octanol–water partition coefficient (Wildman–Crippen LogP) is -1.38. The lowest BCUT2D eigenvalue weighted by atomic mass is 10.1. The number of benzene rings is 1. The van der Waals surface area contributed by atoms with E-state index in [2.05, 4.69) is 0 Å². The molecule has 0 bridgehead atoms. The zero-order valence-electron chi connectivity index (χ0n) is 10.4. The molecule has 19 heavy (non-hydrogen) atoms. The number of para-hydroxylation sites is 1. The fourth-order valence-electron chi connectivity index (χ4n) is 2.57. The van der Waals surface area contributed by atoms with Crippen molar-refractivity contribution in [2.75, 3.05) is 18.1 Å². The first-order chi connectivity index (χ1) is 9.10. The van der Waals surface area contributed by atoms with Crippen LogP contribution < -0.4 is 10.6 Å². The number of hydrogen-bond donors (Lipinski definition) is 4. The Bertz CT molecular complexity index is 466. The maximum Gasteiger partial charge on any atom is 0.240 e. The molecule has 1 aliphatic rings. The van der Waals surface area contributed by atoms with Gasteiger partial charge in [-0.05, 0) is 11.6 Å². The van der Waals surface area contributed by atoms with Crippen molar-refractivity contribution in [2.24, 2.45) is 5.73 Å². The van der Waals surface area contributed by atoms with Crippen LogP contribution in [0.5, 0.6) is 0 Å². The van der Waals surface area contributed by atoms with Crippen LogP contribution in [0.3, 0.4) is 0 Å². The summed E-state index contributed by atoms with van der Waals surface area (Å²) in [7, 11) is 0. The van der Waals surface area contributed by atoms with E-state index in [9.17, 15) is 15.0 Å². The van der Waals surface area contributed by atoms with E-state index in [1.807, 2.05) is 24.3 Å². The molecule has 0 saturated carbocycles. The van der Waals surface area contributed by atoms with Crippen molar-refractivity contribution in [3.05, 3.63) is 29.8 Å². The van der Waals surface area contributed by atoms with Crippen LogP contribution in [0.15, 0.2) is 24.3 Å². The van der Waals surface area contributed by atoms with Crippen LogP contribution in [-0.2, 0) is 11.2 Å². The van der Waals surface area contributed by atoms with Gasteiger partial charge in [0.1, 0.15) is 6.04 Å². The summed E-state index contributed by atoms with van der Waals surface area (Å²) in [5.74, 6) is -0.514. The summed E-state index contributed by atoms with van der Waals surface area (Å²) >= 11 is 0. The first-order valence-electron chi connectivity index (χ1n) is 6.15. The molecule has 1 aromatic carbocycles. The molecule has 1 amide bonds. The second-order valence-corrected chi connectivity index (χ2v) is 4.66. The van der Waals surface area contributed by atoms with Crippen LogP contribution in [0.1, 0.15) is 5.56 Å². The second-order valence-electron chi connectivity index (χ2n) is 4.66. The standard InChI is InChI=1S/C13H18N2O4/c14-13(19)10-5-8-3-1-2-4-9(8)15(10)11(6-16)12(18)7-17/h1-4,10-12,16-18H,5-7H2,(H2,14,19). The van der Waals surface area contributed by atoms with Gasteiger partial charge in [-0.1, -0.05) is 18.2 Å². The quantitative estimate of drug-likeness (QED) is 0.525. The topological polar surface area (TPSA) is 107 Å². The molecule has 3 atom stereocenters. The SMILES string of the molecule is NC(=O)C1Cc2ccccc2N1C(CO)C(O)CO. The summed E-state index contributed by atoms with van der Waals surface area (Å²) in [6.45, 7) is -0.866. The molecule has 0 aliphatic carbocycles. The number of aliphatic hydroxyl groups is 3. The molecule has 0 radical (unpaired) electrons. The zero-order valence-corrected chi connectivity index (χ0v) is 10.4. The number of nitrogens with zero attached hydrogens (tertiary/aromatic N) is 1. The van der Waals surface area contributed by atoms with E-state index < -0.39 is 30.7 Å². The molecule has 104 valence electrons. The summed E-state index contributed by atoms with van der Waals surface area (Å²) in [6.07, 6.45) is -0.696. The van der Waals surface area contributed by atoms with Gasteiger partial charge in [0, 0.05) is 12.1 Å². The van der Waals surface area contributed by atoms with E-state index in [1.165, 1.54) is 0 Å². The molecule has 0 fully saturated rings. The Labute approximate surface area is 111 Å². The molecular weight excluding hydrogens is 248 g/mol. The Morgan fingerprint density at radius 1 is 1.37 bits per heavy atom. The van der Waals surface area contributed by atoms with Crippen molar-refractivity contribution in [3.8, 4) is 0 Å². The third-order valence-electron chi connectivity index (χ3n) is 3.52. The molecule has 5 N–H and O–H groups in total. The fraction of sp³-hybridized carbons (Fsp3) is 0.462. The van der Waals surface area contributed by atoms with E-state index in [0.717, 1.165) is 11.3 Å². The van der Waals surface area contributed by atoms with E-state index in [0.29, 0.717) is 6.42 Å². The van der Waals surface area contributed by atoms with Gasteiger partial charge in [0.2, 0.25) is 5.91 Å². The van der Waals surface area contributed by atoms with Gasteiger partial charge >= 0.3 is 0 Å². The van der Waals surface area contributed by atoms with Crippen molar-refractivity contribution >= 4 is 11.6 Å². The summed E-state index contributed by atoms with van der Waals surface area (Å²) in [5, 5.41) is 28.3. The molecule has 2 rings (SSSR count). The molecule has 0 spiro atoms. The lowest BCUT2D eigenvalue weighted by Gasteiger charge is -2.35. The number of anilines is 1. The lowest BCUT2D eigenvalue weighted by Crippen LogP contribution is -2.55. The van der Waals surface area contributed by atoms with Gasteiger partial charge in [0.15, 0.2) is 0 Å². The van der Waals surface area contributed by atoms with E-state index >= 15 is 0 Å². The number of aliphatic hydroxyl groups excluding tert-OH is 3. The highest BCUT2D eigenvalue weighted by Gasteiger charge is 2.39. The van der Waals surface area contributed by atoms with E-state index in [1.54, 1.807) is 4.90 Å². The first kappa shape index (κ1) is 13.8. The van der Waals surface area contributed by atoms with Crippen LogP contribution in [0.4, 0.5) is 5.69 Å². The Balaban J connectivity index is 2.40. The van der Waals surface area contributed by atoms with Crippen molar-refractivity contribution in [3.63, 3.8) is 0 Å². The minimum Gasteiger partial charge on any atom is -0.394 e. The third-order valence-corrected chi connectivity index (χ3v) is 3.52. The Morgan fingerprint density at radius 3 is 2.63 bits per heavy atom. The predicted molar refractivity (Wildman–Crippen MR) is 69.6 cm³/mol. The molecule has 1 heterocycles. The van der Waals surface area contributed by atoms with Gasteiger partial charge in [0.05, 0.1) is 25.4 Å². The highest BCUT2D eigenvalue weighted by Crippen LogP contribution is 2.34. The van der Waals surface area contributed by atoms with Gasteiger partial charge in [-0.25, -0.2) is 0 Å². The minimum absolute atomic E-state index is 0.375.